The Balaban J connectivity index is 3.58. The molecular weight excluding hydrogens is 160 g/mol. The largest absolute Gasteiger partial charge is 0.327 e. The summed E-state index contributed by atoms with van der Waals surface area (Å²) in [7, 11) is 0. The highest BCUT2D eigenvalue weighted by atomic mass is 15.1. The van der Waals surface area contributed by atoms with Gasteiger partial charge in [0.25, 0.3) is 0 Å². The molecule has 0 spiro atoms. The second kappa shape index (κ2) is 8.27. The van der Waals surface area contributed by atoms with Crippen molar-refractivity contribution in [2.75, 3.05) is 19.6 Å². The van der Waals surface area contributed by atoms with E-state index in [0.29, 0.717) is 6.04 Å². The van der Waals surface area contributed by atoms with Crippen LogP contribution in [0.3, 0.4) is 0 Å². The van der Waals surface area contributed by atoms with Crippen LogP contribution < -0.4 is 5.73 Å². The average Bonchev–Trinajstić information content (AvgIpc) is 2.14. The maximum atomic E-state index is 5.99. The van der Waals surface area contributed by atoms with E-state index in [1.54, 1.807) is 0 Å². The van der Waals surface area contributed by atoms with Gasteiger partial charge in [-0.25, -0.2) is 0 Å². The maximum absolute atomic E-state index is 5.99. The Kier molecular flexibility index (Phi) is 8.05. The molecule has 1 unspecified atom stereocenters. The predicted octanol–water partition coefficient (Wildman–Crippen LogP) is 2.01. The van der Waals surface area contributed by atoms with E-state index in [4.69, 9.17) is 5.73 Å². The molecule has 0 rings (SSSR count). The van der Waals surface area contributed by atoms with E-state index in [1.165, 1.54) is 12.8 Å². The van der Waals surface area contributed by atoms with E-state index < -0.39 is 0 Å². The van der Waals surface area contributed by atoms with Crippen LogP contribution in [0.15, 0.2) is 12.7 Å². The standard InChI is InChI=1S/C11H24N2/c1-4-7-8-11(12)10-13(6-3)9-5-2/h5,11H,2,4,6-10,12H2,1,3H3. The van der Waals surface area contributed by atoms with Crippen LogP contribution in [-0.2, 0) is 0 Å². The molecule has 0 bridgehead atoms. The first-order valence-corrected chi connectivity index (χ1v) is 5.33. The number of likely N-dealkylation sites (N-methyl/N-ethyl adjacent to an activating group) is 1. The molecule has 0 aliphatic rings. The third-order valence-electron chi connectivity index (χ3n) is 2.26. The summed E-state index contributed by atoms with van der Waals surface area (Å²) in [5.74, 6) is 0. The van der Waals surface area contributed by atoms with Gasteiger partial charge in [0, 0.05) is 19.1 Å². The van der Waals surface area contributed by atoms with Crippen LogP contribution in [-0.4, -0.2) is 30.6 Å². The zero-order valence-electron chi connectivity index (χ0n) is 9.13. The lowest BCUT2D eigenvalue weighted by Gasteiger charge is -2.22. The van der Waals surface area contributed by atoms with Crippen molar-refractivity contribution in [3.63, 3.8) is 0 Å². The van der Waals surface area contributed by atoms with Crippen LogP contribution in [0.1, 0.15) is 33.1 Å². The zero-order valence-corrected chi connectivity index (χ0v) is 9.13. The number of nitrogens with two attached hydrogens (primary N) is 1. The van der Waals surface area contributed by atoms with Gasteiger partial charge in [0.15, 0.2) is 0 Å². The van der Waals surface area contributed by atoms with Gasteiger partial charge < -0.3 is 5.73 Å². The van der Waals surface area contributed by atoms with Gasteiger partial charge in [-0.3, -0.25) is 4.90 Å². The van der Waals surface area contributed by atoms with Crippen molar-refractivity contribution in [3.8, 4) is 0 Å². The predicted molar refractivity (Wildman–Crippen MR) is 59.8 cm³/mol. The molecule has 0 saturated carbocycles. The molecule has 0 aliphatic heterocycles. The zero-order chi connectivity index (χ0) is 10.1. The molecule has 0 heterocycles. The fourth-order valence-electron chi connectivity index (χ4n) is 1.40. The molecule has 0 aromatic rings. The molecule has 0 fully saturated rings. The molecule has 2 heteroatoms. The lowest BCUT2D eigenvalue weighted by molar-refractivity contribution is 0.289. The monoisotopic (exact) mass is 184 g/mol. The highest BCUT2D eigenvalue weighted by Crippen LogP contribution is 2.00. The van der Waals surface area contributed by atoms with E-state index in [2.05, 4.69) is 25.3 Å². The molecule has 0 radical (unpaired) electrons. The lowest BCUT2D eigenvalue weighted by Crippen LogP contribution is -2.37. The highest BCUT2D eigenvalue weighted by molar-refractivity contribution is 4.75. The van der Waals surface area contributed by atoms with Crippen LogP contribution in [0.2, 0.25) is 0 Å². The average molecular weight is 184 g/mol. The van der Waals surface area contributed by atoms with Crippen molar-refractivity contribution < 1.29 is 0 Å². The van der Waals surface area contributed by atoms with Gasteiger partial charge in [-0.1, -0.05) is 32.8 Å². The summed E-state index contributed by atoms with van der Waals surface area (Å²) in [6.07, 6.45) is 5.56. The van der Waals surface area contributed by atoms with Crippen molar-refractivity contribution in [1.29, 1.82) is 0 Å². The number of hydrogen-bond donors (Lipinski definition) is 1. The minimum atomic E-state index is 0.333. The SMILES string of the molecule is C=CCN(CC)CC(N)CCCC. The normalized spacial score (nSPS) is 13.2. The molecule has 2 nitrogen and oxygen atoms in total. The van der Waals surface area contributed by atoms with Crippen LogP contribution in [0.25, 0.3) is 0 Å². The first kappa shape index (κ1) is 12.7. The molecule has 0 aromatic carbocycles. The summed E-state index contributed by atoms with van der Waals surface area (Å²) in [6.45, 7) is 11.1. The van der Waals surface area contributed by atoms with Crippen molar-refractivity contribution in [2.45, 2.75) is 39.2 Å². The number of hydrogen-bond acceptors (Lipinski definition) is 2. The molecule has 0 aromatic heterocycles. The molecule has 0 amide bonds. The van der Waals surface area contributed by atoms with Gasteiger partial charge in [0.1, 0.15) is 0 Å². The molecule has 1 atom stereocenters. The molecule has 78 valence electrons. The topological polar surface area (TPSA) is 29.3 Å². The first-order chi connectivity index (χ1) is 6.24. The van der Waals surface area contributed by atoms with E-state index in [0.717, 1.165) is 26.1 Å². The van der Waals surface area contributed by atoms with Gasteiger partial charge in [0.2, 0.25) is 0 Å². The Bertz CT molecular complexity index is 123. The number of rotatable bonds is 8. The van der Waals surface area contributed by atoms with E-state index in [1.807, 2.05) is 6.08 Å². The third kappa shape index (κ3) is 6.79. The Morgan fingerprint density at radius 3 is 2.62 bits per heavy atom. The third-order valence-corrected chi connectivity index (χ3v) is 2.26. The second-order valence-corrected chi connectivity index (χ2v) is 3.54. The minimum absolute atomic E-state index is 0.333. The summed E-state index contributed by atoms with van der Waals surface area (Å²) in [5.41, 5.74) is 5.99. The van der Waals surface area contributed by atoms with Gasteiger partial charge in [0.05, 0.1) is 0 Å². The van der Waals surface area contributed by atoms with E-state index in [9.17, 15) is 0 Å². The van der Waals surface area contributed by atoms with Gasteiger partial charge in [-0.2, -0.15) is 0 Å². The fourth-order valence-corrected chi connectivity index (χ4v) is 1.40. The molecule has 0 saturated heterocycles. The first-order valence-electron chi connectivity index (χ1n) is 5.33. The maximum Gasteiger partial charge on any atom is 0.0167 e. The van der Waals surface area contributed by atoms with Crippen LogP contribution in [0.5, 0.6) is 0 Å². The number of nitrogens with zero attached hydrogens (tertiary/aromatic N) is 1. The molecular formula is C11H24N2. The van der Waals surface area contributed by atoms with Gasteiger partial charge >= 0.3 is 0 Å². The summed E-state index contributed by atoms with van der Waals surface area (Å²) < 4.78 is 0. The Morgan fingerprint density at radius 2 is 2.15 bits per heavy atom. The van der Waals surface area contributed by atoms with Crippen LogP contribution in [0.4, 0.5) is 0 Å². The summed E-state index contributed by atoms with van der Waals surface area (Å²) in [5, 5.41) is 0. The van der Waals surface area contributed by atoms with Crippen molar-refractivity contribution in [3.05, 3.63) is 12.7 Å². The van der Waals surface area contributed by atoms with E-state index in [-0.39, 0.29) is 0 Å². The fraction of sp³-hybridized carbons (Fsp3) is 0.818. The summed E-state index contributed by atoms with van der Waals surface area (Å²) in [6, 6.07) is 0.333. The number of unbranched alkanes of at least 4 members (excludes halogenated alkanes) is 1. The highest BCUT2D eigenvalue weighted by Gasteiger charge is 2.06. The summed E-state index contributed by atoms with van der Waals surface area (Å²) in [4.78, 5) is 2.33. The van der Waals surface area contributed by atoms with E-state index >= 15 is 0 Å². The van der Waals surface area contributed by atoms with Gasteiger partial charge in [-0.15, -0.1) is 6.58 Å². The minimum Gasteiger partial charge on any atom is -0.327 e. The Morgan fingerprint density at radius 1 is 1.46 bits per heavy atom. The Labute approximate surface area is 82.8 Å². The molecule has 2 N–H and O–H groups in total. The van der Waals surface area contributed by atoms with Crippen molar-refractivity contribution >= 4 is 0 Å². The van der Waals surface area contributed by atoms with Crippen LogP contribution in [0, 0.1) is 0 Å². The van der Waals surface area contributed by atoms with Gasteiger partial charge in [-0.05, 0) is 13.0 Å². The molecule has 0 aliphatic carbocycles. The Hall–Kier alpha value is -0.340. The smallest absolute Gasteiger partial charge is 0.0167 e. The summed E-state index contributed by atoms with van der Waals surface area (Å²) >= 11 is 0. The van der Waals surface area contributed by atoms with Crippen LogP contribution >= 0.6 is 0 Å². The van der Waals surface area contributed by atoms with Crippen molar-refractivity contribution in [2.24, 2.45) is 5.73 Å². The lowest BCUT2D eigenvalue weighted by atomic mass is 10.1. The quantitative estimate of drug-likeness (QED) is 0.585. The van der Waals surface area contributed by atoms with Crippen molar-refractivity contribution in [1.82, 2.24) is 4.90 Å². The second-order valence-electron chi connectivity index (χ2n) is 3.54. The molecule has 13 heavy (non-hydrogen) atoms.